The van der Waals surface area contributed by atoms with Crippen LogP contribution >= 0.6 is 11.8 Å². The Morgan fingerprint density at radius 1 is 0.725 bits per heavy atom. The van der Waals surface area contributed by atoms with Crippen molar-refractivity contribution >= 4 is 57.0 Å². The maximum absolute atomic E-state index is 13.7. The number of anilines is 2. The molecule has 51 heavy (non-hydrogen) atoms. The Labute approximate surface area is 299 Å². The third-order valence-electron chi connectivity index (χ3n) is 7.42. The van der Waals surface area contributed by atoms with E-state index in [2.05, 4.69) is 16.0 Å². The summed E-state index contributed by atoms with van der Waals surface area (Å²) in [7, 11) is -0.888. The van der Waals surface area contributed by atoms with E-state index in [0.717, 1.165) is 10.5 Å². The first-order valence-corrected chi connectivity index (χ1v) is 17.8. The fourth-order valence-electron chi connectivity index (χ4n) is 4.91. The van der Waals surface area contributed by atoms with Crippen molar-refractivity contribution in [2.45, 2.75) is 15.0 Å². The fourth-order valence-corrected chi connectivity index (χ4v) is 6.45. The second-order valence-corrected chi connectivity index (χ2v) is 13.6. The lowest BCUT2D eigenvalue weighted by Gasteiger charge is -2.18. The highest BCUT2D eigenvalue weighted by molar-refractivity contribution is 8.00. The molecule has 0 heterocycles. The van der Waals surface area contributed by atoms with Crippen LogP contribution in [0.25, 0.3) is 6.08 Å². The van der Waals surface area contributed by atoms with E-state index in [4.69, 9.17) is 14.6 Å². The summed E-state index contributed by atoms with van der Waals surface area (Å²) < 4.78 is 34.2. The third-order valence-corrected chi connectivity index (χ3v) is 9.61. The summed E-state index contributed by atoms with van der Waals surface area (Å²) in [6.07, 6.45) is 1.51. The SMILES string of the molecule is COc1cccc(/C=C(\NC(=O)c2ccccc2)C(=O)Nc2ccc(SC(C(=O)Nc3ccc(S(N)(=O)=O)cc3)c3ccccc3)cc2)c1OC. The number of hydrogen-bond donors (Lipinski definition) is 4. The molecular weight excluding hydrogens is 689 g/mol. The normalized spacial score (nSPS) is 11.9. The number of nitrogens with two attached hydrogens (primary N) is 1. The Balaban J connectivity index is 1.36. The van der Waals surface area contributed by atoms with Gasteiger partial charge >= 0.3 is 0 Å². The molecule has 0 bridgehead atoms. The summed E-state index contributed by atoms with van der Waals surface area (Å²) in [6, 6.07) is 35.4. The summed E-state index contributed by atoms with van der Waals surface area (Å²) >= 11 is 1.29. The average molecular weight is 723 g/mol. The van der Waals surface area contributed by atoms with Crippen LogP contribution in [0.3, 0.4) is 0 Å². The third kappa shape index (κ3) is 9.63. The van der Waals surface area contributed by atoms with Crippen molar-refractivity contribution in [1.29, 1.82) is 0 Å². The maximum atomic E-state index is 13.7. The van der Waals surface area contributed by atoms with Crippen molar-refractivity contribution in [2.75, 3.05) is 24.9 Å². The van der Waals surface area contributed by atoms with Gasteiger partial charge in [0.25, 0.3) is 11.8 Å². The van der Waals surface area contributed by atoms with Crippen molar-refractivity contribution in [3.63, 3.8) is 0 Å². The molecule has 5 rings (SSSR count). The quantitative estimate of drug-likeness (QED) is 0.0820. The van der Waals surface area contributed by atoms with Crippen molar-refractivity contribution in [3.05, 3.63) is 150 Å². The molecule has 0 aliphatic rings. The first-order valence-electron chi connectivity index (χ1n) is 15.4. The van der Waals surface area contributed by atoms with Gasteiger partial charge in [0.15, 0.2) is 11.5 Å². The molecule has 0 aromatic heterocycles. The predicted molar refractivity (Wildman–Crippen MR) is 198 cm³/mol. The molecule has 0 spiro atoms. The first-order chi connectivity index (χ1) is 24.5. The van der Waals surface area contributed by atoms with Crippen molar-refractivity contribution in [1.82, 2.24) is 5.32 Å². The largest absolute Gasteiger partial charge is 0.493 e. The lowest BCUT2D eigenvalue weighted by atomic mass is 10.1. The van der Waals surface area contributed by atoms with Gasteiger partial charge in [-0.3, -0.25) is 14.4 Å². The van der Waals surface area contributed by atoms with Gasteiger partial charge in [0.1, 0.15) is 10.9 Å². The second kappa shape index (κ2) is 16.7. The van der Waals surface area contributed by atoms with Gasteiger partial charge in [-0.05, 0) is 78.4 Å². The number of amides is 3. The molecule has 0 radical (unpaired) electrons. The Hall–Kier alpha value is -5.89. The number of sulfonamides is 1. The number of ether oxygens (including phenoxy) is 2. The minimum atomic E-state index is -3.88. The molecule has 1 atom stereocenters. The number of methoxy groups -OCH3 is 2. The molecule has 13 heteroatoms. The number of benzene rings is 5. The fraction of sp³-hybridized carbons (Fsp3) is 0.0789. The molecule has 0 fully saturated rings. The van der Waals surface area contributed by atoms with Crippen LogP contribution in [0.5, 0.6) is 11.5 Å². The average Bonchev–Trinajstić information content (AvgIpc) is 3.14. The van der Waals surface area contributed by atoms with Gasteiger partial charge < -0.3 is 25.4 Å². The molecule has 1 unspecified atom stereocenters. The number of thioether (sulfide) groups is 1. The number of primary sulfonamides is 1. The standard InChI is InChI=1S/C38H34N4O7S2/c1-48-33-15-9-14-27(34(33)49-2)24-32(42-36(43)26-12-7-4-8-13-26)37(44)40-28-16-20-30(21-17-28)50-35(25-10-5-3-6-11-25)38(45)41-29-18-22-31(23-19-29)51(39,46)47/h3-24,35H,1-2H3,(H,40,44)(H,41,45)(H,42,43)(H2,39,46,47)/b32-24-. The smallest absolute Gasteiger partial charge is 0.272 e. The Bertz CT molecular complexity index is 2140. The van der Waals surface area contributed by atoms with E-state index in [0.29, 0.717) is 34.0 Å². The van der Waals surface area contributed by atoms with E-state index in [-0.39, 0.29) is 16.5 Å². The molecule has 5 aromatic rings. The minimum absolute atomic E-state index is 0.0354. The van der Waals surface area contributed by atoms with Gasteiger partial charge in [0.2, 0.25) is 15.9 Å². The summed E-state index contributed by atoms with van der Waals surface area (Å²) in [6.45, 7) is 0. The lowest BCUT2D eigenvalue weighted by molar-refractivity contribution is -0.116. The minimum Gasteiger partial charge on any atom is -0.493 e. The van der Waals surface area contributed by atoms with Gasteiger partial charge in [0.05, 0.1) is 19.1 Å². The number of hydrogen-bond acceptors (Lipinski definition) is 8. The molecule has 11 nitrogen and oxygen atoms in total. The highest BCUT2D eigenvalue weighted by Crippen LogP contribution is 2.37. The Kier molecular flexibility index (Phi) is 11.9. The molecule has 3 amide bonds. The lowest BCUT2D eigenvalue weighted by Crippen LogP contribution is -2.30. The van der Waals surface area contributed by atoms with Crippen molar-refractivity contribution in [3.8, 4) is 11.5 Å². The molecule has 0 saturated heterocycles. The Morgan fingerprint density at radius 2 is 1.33 bits per heavy atom. The molecule has 0 aliphatic carbocycles. The van der Waals surface area contributed by atoms with Crippen LogP contribution in [-0.2, 0) is 19.6 Å². The zero-order valence-corrected chi connectivity index (χ0v) is 29.2. The van der Waals surface area contributed by atoms with E-state index >= 15 is 0 Å². The van der Waals surface area contributed by atoms with Crippen LogP contribution in [0, 0.1) is 0 Å². The predicted octanol–water partition coefficient (Wildman–Crippen LogP) is 6.23. The number of carbonyl (C=O) groups is 3. The van der Waals surface area contributed by atoms with Crippen LogP contribution in [0.1, 0.15) is 26.7 Å². The summed E-state index contributed by atoms with van der Waals surface area (Å²) in [5.41, 5.74) is 2.43. The second-order valence-electron chi connectivity index (χ2n) is 10.9. The summed E-state index contributed by atoms with van der Waals surface area (Å²) in [4.78, 5) is 41.0. The van der Waals surface area contributed by atoms with Crippen LogP contribution in [0.2, 0.25) is 0 Å². The highest BCUT2D eigenvalue weighted by atomic mass is 32.2. The van der Waals surface area contributed by atoms with Crippen molar-refractivity contribution in [2.24, 2.45) is 5.14 Å². The van der Waals surface area contributed by atoms with E-state index in [1.54, 1.807) is 72.8 Å². The van der Waals surface area contributed by atoms with E-state index in [1.165, 1.54) is 56.3 Å². The van der Waals surface area contributed by atoms with Gasteiger partial charge in [-0.2, -0.15) is 0 Å². The van der Waals surface area contributed by atoms with Gasteiger partial charge in [0, 0.05) is 27.4 Å². The Morgan fingerprint density at radius 3 is 1.94 bits per heavy atom. The van der Waals surface area contributed by atoms with Gasteiger partial charge in [-0.15, -0.1) is 11.8 Å². The molecule has 5 N–H and O–H groups in total. The molecule has 0 aliphatic heterocycles. The first kappa shape index (κ1) is 36.4. The molecule has 0 saturated carbocycles. The van der Waals surface area contributed by atoms with E-state index < -0.39 is 27.1 Å². The van der Waals surface area contributed by atoms with Crippen LogP contribution in [0.15, 0.2) is 143 Å². The van der Waals surface area contributed by atoms with Gasteiger partial charge in [-0.1, -0.05) is 60.7 Å². The molecule has 260 valence electrons. The van der Waals surface area contributed by atoms with E-state index in [1.807, 2.05) is 30.3 Å². The highest BCUT2D eigenvalue weighted by Gasteiger charge is 2.23. The molecule has 5 aromatic carbocycles. The van der Waals surface area contributed by atoms with Crippen LogP contribution in [-0.4, -0.2) is 40.4 Å². The van der Waals surface area contributed by atoms with E-state index in [9.17, 15) is 22.8 Å². The monoisotopic (exact) mass is 722 g/mol. The zero-order valence-electron chi connectivity index (χ0n) is 27.5. The summed E-state index contributed by atoms with van der Waals surface area (Å²) in [5.74, 6) is -0.548. The topological polar surface area (TPSA) is 166 Å². The van der Waals surface area contributed by atoms with Crippen molar-refractivity contribution < 1.29 is 32.3 Å². The molecular formula is C38H34N4O7S2. The number of nitrogens with one attached hydrogen (secondary N) is 3. The number of rotatable bonds is 13. The summed E-state index contributed by atoms with van der Waals surface area (Å²) in [5, 5.41) is 12.9. The zero-order chi connectivity index (χ0) is 36.4. The maximum Gasteiger partial charge on any atom is 0.272 e. The van der Waals surface area contributed by atoms with Gasteiger partial charge in [-0.25, -0.2) is 13.6 Å². The van der Waals surface area contributed by atoms with Crippen LogP contribution in [0.4, 0.5) is 11.4 Å². The number of para-hydroxylation sites is 1. The number of carbonyl (C=O) groups excluding carboxylic acids is 3. The van der Waals surface area contributed by atoms with Crippen LogP contribution < -0.4 is 30.6 Å².